The fourth-order valence-electron chi connectivity index (χ4n) is 3.50. The molecule has 1 aromatic heterocycles. The Labute approximate surface area is 154 Å². The molecule has 1 aliphatic heterocycles. The minimum atomic E-state index is -0.558. The normalized spacial score (nSPS) is 19.3. The molecule has 0 unspecified atom stereocenters. The van der Waals surface area contributed by atoms with Gasteiger partial charge in [0.15, 0.2) is 11.5 Å². The van der Waals surface area contributed by atoms with Crippen molar-refractivity contribution in [2.24, 2.45) is 0 Å². The summed E-state index contributed by atoms with van der Waals surface area (Å²) in [6.45, 7) is 3.31. The first-order valence-electron chi connectivity index (χ1n) is 8.75. The van der Waals surface area contributed by atoms with E-state index in [4.69, 9.17) is 9.47 Å². The van der Waals surface area contributed by atoms with E-state index in [1.807, 2.05) is 37.3 Å². The number of hydrogen-bond acceptors (Lipinski definition) is 5. The van der Waals surface area contributed by atoms with Gasteiger partial charge in [-0.15, -0.1) is 0 Å². The zero-order chi connectivity index (χ0) is 18.6. The second kappa shape index (κ2) is 7.64. The molecule has 0 bridgehead atoms. The van der Waals surface area contributed by atoms with Crippen LogP contribution < -0.4 is 19.7 Å². The first-order chi connectivity index (χ1) is 12.6. The zero-order valence-corrected chi connectivity index (χ0v) is 15.5. The van der Waals surface area contributed by atoms with Crippen LogP contribution in [0.25, 0.3) is 0 Å². The summed E-state index contributed by atoms with van der Waals surface area (Å²) in [6, 6.07) is 9.56. The number of hydrogen-bond donors (Lipinski definition) is 1. The Kier molecular flexibility index (Phi) is 5.30. The van der Waals surface area contributed by atoms with E-state index in [-0.39, 0.29) is 5.91 Å². The molecule has 1 aliphatic rings. The standard InChI is InChI=1S/C20H25N3O3/c1-20(9-4-12-23(20)16-7-10-21-11-8-16)19(24)22-14-15-5-6-17(25-2)18(13-15)26-3/h5-8,10-11,13H,4,9,12,14H2,1-3H3,(H,22,24)/t20-/m0/s1. The highest BCUT2D eigenvalue weighted by Crippen LogP contribution is 2.34. The Morgan fingerprint density at radius 1 is 1.19 bits per heavy atom. The Bertz CT molecular complexity index is 766. The molecule has 0 aliphatic carbocycles. The maximum Gasteiger partial charge on any atom is 0.245 e. The first kappa shape index (κ1) is 18.0. The van der Waals surface area contributed by atoms with Gasteiger partial charge in [-0.25, -0.2) is 0 Å². The molecule has 1 saturated heterocycles. The number of ether oxygens (including phenoxy) is 2. The fourth-order valence-corrected chi connectivity index (χ4v) is 3.50. The Balaban J connectivity index is 1.71. The molecule has 1 amide bonds. The number of pyridine rings is 1. The molecule has 0 radical (unpaired) electrons. The van der Waals surface area contributed by atoms with Crippen LogP contribution in [0.5, 0.6) is 11.5 Å². The van der Waals surface area contributed by atoms with Gasteiger partial charge >= 0.3 is 0 Å². The van der Waals surface area contributed by atoms with Crippen molar-refractivity contribution in [3.8, 4) is 11.5 Å². The predicted octanol–water partition coefficient (Wildman–Crippen LogP) is 2.77. The SMILES string of the molecule is COc1ccc(CNC(=O)[C@]2(C)CCCN2c2ccncc2)cc1OC. The lowest BCUT2D eigenvalue weighted by atomic mass is 9.97. The molecule has 1 atom stereocenters. The van der Waals surface area contributed by atoms with E-state index in [1.165, 1.54) is 0 Å². The maximum atomic E-state index is 13.0. The van der Waals surface area contributed by atoms with Gasteiger partial charge < -0.3 is 19.7 Å². The zero-order valence-electron chi connectivity index (χ0n) is 15.5. The van der Waals surface area contributed by atoms with Crippen LogP contribution in [0.15, 0.2) is 42.7 Å². The highest BCUT2D eigenvalue weighted by Gasteiger charge is 2.43. The lowest BCUT2D eigenvalue weighted by Gasteiger charge is -2.35. The summed E-state index contributed by atoms with van der Waals surface area (Å²) in [4.78, 5) is 19.2. The predicted molar refractivity (Wildman–Crippen MR) is 101 cm³/mol. The third kappa shape index (κ3) is 3.45. The summed E-state index contributed by atoms with van der Waals surface area (Å²) in [6.07, 6.45) is 5.33. The van der Waals surface area contributed by atoms with Crippen molar-refractivity contribution in [1.29, 1.82) is 0 Å². The molecule has 26 heavy (non-hydrogen) atoms. The van der Waals surface area contributed by atoms with Gasteiger partial charge in [0.2, 0.25) is 5.91 Å². The average molecular weight is 355 g/mol. The quantitative estimate of drug-likeness (QED) is 0.863. The second-order valence-corrected chi connectivity index (χ2v) is 6.61. The smallest absolute Gasteiger partial charge is 0.245 e. The van der Waals surface area contributed by atoms with Gasteiger partial charge in [-0.3, -0.25) is 9.78 Å². The fraction of sp³-hybridized carbons (Fsp3) is 0.400. The molecule has 0 spiro atoms. The molecule has 0 saturated carbocycles. The lowest BCUT2D eigenvalue weighted by Crippen LogP contribution is -2.53. The van der Waals surface area contributed by atoms with E-state index in [0.29, 0.717) is 18.0 Å². The first-order valence-corrected chi connectivity index (χ1v) is 8.75. The van der Waals surface area contributed by atoms with E-state index in [2.05, 4.69) is 15.2 Å². The molecule has 138 valence electrons. The molecule has 1 aromatic carbocycles. The largest absolute Gasteiger partial charge is 0.493 e. The van der Waals surface area contributed by atoms with Crippen LogP contribution in [0.2, 0.25) is 0 Å². The van der Waals surface area contributed by atoms with E-state index < -0.39 is 5.54 Å². The number of amides is 1. The van der Waals surface area contributed by atoms with Crippen molar-refractivity contribution < 1.29 is 14.3 Å². The number of nitrogens with one attached hydrogen (secondary N) is 1. The molecule has 6 heteroatoms. The lowest BCUT2D eigenvalue weighted by molar-refractivity contribution is -0.125. The number of carbonyl (C=O) groups is 1. The van der Waals surface area contributed by atoms with Gasteiger partial charge in [0.25, 0.3) is 0 Å². The van der Waals surface area contributed by atoms with Crippen molar-refractivity contribution in [1.82, 2.24) is 10.3 Å². The number of anilines is 1. The van der Waals surface area contributed by atoms with E-state index in [0.717, 1.165) is 30.6 Å². The molecule has 1 N–H and O–H groups in total. The molecule has 2 aromatic rings. The Hall–Kier alpha value is -2.76. The van der Waals surface area contributed by atoms with Crippen LogP contribution in [-0.4, -0.2) is 37.2 Å². The highest BCUT2D eigenvalue weighted by molar-refractivity contribution is 5.90. The molecule has 3 rings (SSSR count). The highest BCUT2D eigenvalue weighted by atomic mass is 16.5. The molecular weight excluding hydrogens is 330 g/mol. The van der Waals surface area contributed by atoms with Crippen molar-refractivity contribution in [2.75, 3.05) is 25.7 Å². The van der Waals surface area contributed by atoms with Crippen LogP contribution in [0.4, 0.5) is 5.69 Å². The van der Waals surface area contributed by atoms with Gasteiger partial charge in [-0.2, -0.15) is 0 Å². The molecular formula is C20H25N3O3. The van der Waals surface area contributed by atoms with Gasteiger partial charge in [-0.1, -0.05) is 6.07 Å². The number of aromatic nitrogens is 1. The van der Waals surface area contributed by atoms with Crippen LogP contribution in [-0.2, 0) is 11.3 Å². The second-order valence-electron chi connectivity index (χ2n) is 6.61. The van der Waals surface area contributed by atoms with Gasteiger partial charge in [0.1, 0.15) is 5.54 Å². The summed E-state index contributed by atoms with van der Waals surface area (Å²) in [5, 5.41) is 3.08. The van der Waals surface area contributed by atoms with E-state index >= 15 is 0 Å². The van der Waals surface area contributed by atoms with Gasteiger partial charge in [-0.05, 0) is 49.6 Å². The van der Waals surface area contributed by atoms with Crippen LogP contribution in [0, 0.1) is 0 Å². The summed E-state index contributed by atoms with van der Waals surface area (Å²) in [5.74, 6) is 1.36. The number of benzene rings is 1. The van der Waals surface area contributed by atoms with Crippen molar-refractivity contribution in [2.45, 2.75) is 31.8 Å². The topological polar surface area (TPSA) is 63.7 Å². The Morgan fingerprint density at radius 3 is 2.62 bits per heavy atom. The van der Waals surface area contributed by atoms with Crippen molar-refractivity contribution in [3.05, 3.63) is 48.3 Å². The van der Waals surface area contributed by atoms with Gasteiger partial charge in [0, 0.05) is 31.2 Å². The van der Waals surface area contributed by atoms with Crippen molar-refractivity contribution >= 4 is 11.6 Å². The number of methoxy groups -OCH3 is 2. The summed E-state index contributed by atoms with van der Waals surface area (Å²) in [7, 11) is 3.21. The monoisotopic (exact) mass is 355 g/mol. The number of rotatable bonds is 6. The summed E-state index contributed by atoms with van der Waals surface area (Å²) >= 11 is 0. The summed E-state index contributed by atoms with van der Waals surface area (Å²) in [5.41, 5.74) is 1.44. The van der Waals surface area contributed by atoms with Crippen LogP contribution >= 0.6 is 0 Å². The van der Waals surface area contributed by atoms with Gasteiger partial charge in [0.05, 0.1) is 14.2 Å². The molecule has 6 nitrogen and oxygen atoms in total. The van der Waals surface area contributed by atoms with Crippen molar-refractivity contribution in [3.63, 3.8) is 0 Å². The third-order valence-corrected chi connectivity index (χ3v) is 5.01. The third-order valence-electron chi connectivity index (χ3n) is 5.01. The number of nitrogens with zero attached hydrogens (tertiary/aromatic N) is 2. The average Bonchev–Trinajstić information content (AvgIpc) is 3.09. The minimum absolute atomic E-state index is 0.0293. The van der Waals surface area contributed by atoms with E-state index in [9.17, 15) is 4.79 Å². The molecule has 1 fully saturated rings. The Morgan fingerprint density at radius 2 is 1.92 bits per heavy atom. The summed E-state index contributed by atoms with van der Waals surface area (Å²) < 4.78 is 10.6. The van der Waals surface area contributed by atoms with Crippen LogP contribution in [0.3, 0.4) is 0 Å². The minimum Gasteiger partial charge on any atom is -0.493 e. The molecule has 2 heterocycles. The van der Waals surface area contributed by atoms with E-state index in [1.54, 1.807) is 26.6 Å². The maximum absolute atomic E-state index is 13.0. The van der Waals surface area contributed by atoms with Crippen LogP contribution in [0.1, 0.15) is 25.3 Å². The number of carbonyl (C=O) groups excluding carboxylic acids is 1.